The number of anilines is 1. The number of hydrogen-bond donors (Lipinski definition) is 4. The number of amides is 1. The van der Waals surface area contributed by atoms with Crippen LogP contribution in [0.25, 0.3) is 10.9 Å². The predicted molar refractivity (Wildman–Crippen MR) is 227 cm³/mol. The van der Waals surface area contributed by atoms with Crippen LogP contribution in [-0.4, -0.2) is 133 Å². The van der Waals surface area contributed by atoms with E-state index in [1.807, 2.05) is 57.0 Å². The van der Waals surface area contributed by atoms with Crippen LogP contribution in [0.15, 0.2) is 48.6 Å². The Morgan fingerprint density at radius 2 is 1.78 bits per heavy atom. The summed E-state index contributed by atoms with van der Waals surface area (Å²) in [5.41, 5.74) is -1.31. The van der Waals surface area contributed by atoms with Gasteiger partial charge in [-0.1, -0.05) is 44.2 Å². The number of aliphatic hydroxyl groups is 2. The van der Waals surface area contributed by atoms with E-state index in [1.54, 1.807) is 7.11 Å². The molecule has 10 atom stereocenters. The molecule has 1 amide bonds. The van der Waals surface area contributed by atoms with Crippen LogP contribution < -0.4 is 15.0 Å². The van der Waals surface area contributed by atoms with Crippen LogP contribution >= 0.6 is 0 Å². The predicted octanol–water partition coefficient (Wildman–Crippen LogP) is 3.95. The van der Waals surface area contributed by atoms with Crippen molar-refractivity contribution in [1.29, 1.82) is 0 Å². The minimum atomic E-state index is -2.19. The molecular formula is C47H61N5O8. The number of aromatic amines is 1. The molecule has 13 nitrogen and oxygen atoms in total. The number of aromatic nitrogens is 1. The fourth-order valence-electron chi connectivity index (χ4n) is 13.7. The molecule has 2 bridgehead atoms. The minimum Gasteiger partial charge on any atom is -0.496 e. The first-order valence-corrected chi connectivity index (χ1v) is 21.9. The average Bonchev–Trinajstić information content (AvgIpc) is 3.90. The quantitative estimate of drug-likeness (QED) is 0.193. The van der Waals surface area contributed by atoms with Crippen molar-refractivity contribution in [2.24, 2.45) is 11.3 Å². The van der Waals surface area contributed by atoms with E-state index in [4.69, 9.17) is 14.2 Å². The van der Waals surface area contributed by atoms with E-state index in [1.165, 1.54) is 14.0 Å². The number of benzene rings is 2. The highest BCUT2D eigenvalue weighted by Gasteiger charge is 2.80. The van der Waals surface area contributed by atoms with E-state index in [-0.39, 0.29) is 18.5 Å². The van der Waals surface area contributed by atoms with Gasteiger partial charge in [0.15, 0.2) is 6.10 Å². The van der Waals surface area contributed by atoms with Gasteiger partial charge in [0.05, 0.1) is 25.9 Å². The number of para-hydroxylation sites is 1. The number of carbonyl (C=O) groups is 3. The van der Waals surface area contributed by atoms with Gasteiger partial charge in [0.25, 0.3) is 5.91 Å². The molecule has 1 aliphatic carbocycles. The summed E-state index contributed by atoms with van der Waals surface area (Å²) in [5.74, 6) is -1.21. The number of piperidine rings is 1. The molecule has 6 aliphatic rings. The molecule has 6 heterocycles. The van der Waals surface area contributed by atoms with E-state index < -0.39 is 57.4 Å². The van der Waals surface area contributed by atoms with Crippen molar-refractivity contribution in [2.75, 3.05) is 65.4 Å². The second-order valence-corrected chi connectivity index (χ2v) is 18.6. The summed E-state index contributed by atoms with van der Waals surface area (Å²) < 4.78 is 18.6. The van der Waals surface area contributed by atoms with E-state index in [0.717, 1.165) is 33.4 Å². The average molecular weight is 824 g/mol. The van der Waals surface area contributed by atoms with E-state index in [9.17, 15) is 19.8 Å². The second kappa shape index (κ2) is 14.3. The first-order chi connectivity index (χ1) is 28.7. The standard InChI is InChI=1S/C47H61N5O8/c1-8-43(56)24-29-25-46(42(55)59-7,37-31(16-20-51(26-29)27-43)30-14-11-12-15-34(30)49-37)33-22-32-35(23-36(33)58-6)50(5)39-45(32)18-21-52-19-13-17-44(9-2,38(45)52)40(60-28(4)53)47(39,57)41(54)48-10-3/h11-15,17,22-23,29,38-40,49,56-57H,8-10,16,18-21,24-27H2,1-7H3,(H,48,54)/t29?,38?,39?,40-,43+,44-,45?,46+,47+/m1/s1. The van der Waals surface area contributed by atoms with Gasteiger partial charge in [0.2, 0.25) is 5.60 Å². The van der Waals surface area contributed by atoms with Crippen LogP contribution in [-0.2, 0) is 41.1 Å². The number of likely N-dealkylation sites (N-methyl/N-ethyl adjacent to an activating group) is 2. The third-order valence-electron chi connectivity index (χ3n) is 15.8. The number of H-pyrrole nitrogens is 1. The molecule has 5 unspecified atom stereocenters. The molecule has 322 valence electrons. The molecule has 1 aromatic heterocycles. The van der Waals surface area contributed by atoms with Crippen molar-refractivity contribution in [2.45, 2.75) is 106 Å². The Morgan fingerprint density at radius 3 is 2.48 bits per heavy atom. The van der Waals surface area contributed by atoms with Gasteiger partial charge >= 0.3 is 11.9 Å². The number of methoxy groups -OCH3 is 2. The number of rotatable bonds is 8. The van der Waals surface area contributed by atoms with Crippen molar-refractivity contribution >= 4 is 34.4 Å². The zero-order valence-corrected chi connectivity index (χ0v) is 36.1. The van der Waals surface area contributed by atoms with Crippen LogP contribution in [0.2, 0.25) is 0 Å². The number of ether oxygens (including phenoxy) is 3. The van der Waals surface area contributed by atoms with Gasteiger partial charge in [-0.2, -0.15) is 0 Å². The van der Waals surface area contributed by atoms with Crippen LogP contribution in [0.4, 0.5) is 5.69 Å². The van der Waals surface area contributed by atoms with Gasteiger partial charge in [0.1, 0.15) is 11.2 Å². The Labute approximate surface area is 352 Å². The van der Waals surface area contributed by atoms with Crippen LogP contribution in [0.5, 0.6) is 5.75 Å². The molecule has 2 aromatic carbocycles. The van der Waals surface area contributed by atoms with Crippen molar-refractivity contribution in [3.05, 3.63) is 70.9 Å². The summed E-state index contributed by atoms with van der Waals surface area (Å²) in [7, 11) is 4.96. The monoisotopic (exact) mass is 823 g/mol. The first kappa shape index (κ1) is 40.9. The topological polar surface area (TPSA) is 157 Å². The largest absolute Gasteiger partial charge is 0.496 e. The lowest BCUT2D eigenvalue weighted by molar-refractivity contribution is -0.217. The summed E-state index contributed by atoms with van der Waals surface area (Å²) in [4.78, 5) is 53.7. The molecular weight excluding hydrogens is 763 g/mol. The molecule has 13 heteroatoms. The first-order valence-electron chi connectivity index (χ1n) is 21.9. The van der Waals surface area contributed by atoms with E-state index in [0.29, 0.717) is 82.6 Å². The summed E-state index contributed by atoms with van der Waals surface area (Å²) in [6.07, 6.45) is 6.17. The number of carbonyl (C=O) groups excluding carboxylic acids is 3. The maximum atomic E-state index is 15.4. The Morgan fingerprint density at radius 1 is 1.00 bits per heavy atom. The van der Waals surface area contributed by atoms with Crippen LogP contribution in [0.1, 0.15) is 82.2 Å². The molecule has 4 N–H and O–H groups in total. The van der Waals surface area contributed by atoms with Gasteiger partial charge in [-0.25, -0.2) is 0 Å². The lowest BCUT2D eigenvalue weighted by atomic mass is 9.47. The van der Waals surface area contributed by atoms with Crippen molar-refractivity contribution in [3.8, 4) is 5.75 Å². The molecule has 1 saturated carbocycles. The molecule has 0 radical (unpaired) electrons. The molecule has 1 spiro atoms. The zero-order valence-electron chi connectivity index (χ0n) is 36.1. The van der Waals surface area contributed by atoms with Gasteiger partial charge < -0.3 is 39.6 Å². The van der Waals surface area contributed by atoms with Crippen molar-refractivity contribution in [3.63, 3.8) is 0 Å². The number of hydrogen-bond acceptors (Lipinski definition) is 11. The smallest absolute Gasteiger partial charge is 0.322 e. The molecule has 2 saturated heterocycles. The molecule has 5 aliphatic heterocycles. The molecule has 9 rings (SSSR count). The number of fused-ring (bicyclic) bond motifs is 6. The highest BCUT2D eigenvalue weighted by Crippen LogP contribution is 2.68. The maximum absolute atomic E-state index is 15.4. The van der Waals surface area contributed by atoms with Gasteiger partial charge in [-0.15, -0.1) is 0 Å². The number of nitrogens with one attached hydrogen (secondary N) is 2. The summed E-state index contributed by atoms with van der Waals surface area (Å²) in [6, 6.07) is 11.1. The summed E-state index contributed by atoms with van der Waals surface area (Å²) in [6.45, 7) is 10.8. The number of esters is 2. The lowest BCUT2D eigenvalue weighted by Gasteiger charge is -2.63. The highest BCUT2D eigenvalue weighted by molar-refractivity contribution is 5.95. The third kappa shape index (κ3) is 5.34. The van der Waals surface area contributed by atoms with Gasteiger partial charge in [0, 0.05) is 97.5 Å². The third-order valence-corrected chi connectivity index (χ3v) is 15.8. The Balaban J connectivity index is 1.36. The SMILES string of the molecule is CCNC(=O)[C@]1(O)C2N(C)c3cc(OC)c([C@@]4(C(=O)OC)CC5CN(CCc6c4[nH]c4ccccc64)C[C@](O)(CC)C5)cc3C23CCN2CC=C[C@](CC)(C23)[C@H]1OC(C)=O. The zero-order chi connectivity index (χ0) is 42.6. The fourth-order valence-corrected chi connectivity index (χ4v) is 13.7. The highest BCUT2D eigenvalue weighted by atomic mass is 16.6. The Hall–Kier alpha value is -4.43. The normalized spacial score (nSPS) is 36.5. The van der Waals surface area contributed by atoms with Crippen LogP contribution in [0.3, 0.4) is 0 Å². The summed E-state index contributed by atoms with van der Waals surface area (Å²) in [5, 5.41) is 29.5. The molecule has 3 fully saturated rings. The second-order valence-electron chi connectivity index (χ2n) is 18.6. The fraction of sp³-hybridized carbons (Fsp3) is 0.596. The van der Waals surface area contributed by atoms with Crippen molar-refractivity contribution in [1.82, 2.24) is 20.1 Å². The van der Waals surface area contributed by atoms with Crippen LogP contribution in [0, 0.1) is 11.3 Å². The Bertz CT molecular complexity index is 2280. The molecule has 60 heavy (non-hydrogen) atoms. The lowest BCUT2D eigenvalue weighted by Crippen LogP contribution is -2.82. The summed E-state index contributed by atoms with van der Waals surface area (Å²) >= 11 is 0. The maximum Gasteiger partial charge on any atom is 0.322 e. The number of nitrogens with zero attached hydrogens (tertiary/aromatic N) is 3. The van der Waals surface area contributed by atoms with Gasteiger partial charge in [-0.05, 0) is 81.2 Å². The Kier molecular flexibility index (Phi) is 9.77. The van der Waals surface area contributed by atoms with E-state index >= 15 is 4.79 Å². The van der Waals surface area contributed by atoms with Crippen molar-refractivity contribution < 1.29 is 38.8 Å². The molecule has 3 aromatic rings. The van der Waals surface area contributed by atoms with E-state index in [2.05, 4.69) is 44.4 Å². The van der Waals surface area contributed by atoms with Gasteiger partial charge in [-0.3, -0.25) is 24.2 Å². The minimum absolute atomic E-state index is 0.0908.